The fourth-order valence-electron chi connectivity index (χ4n) is 3.42. The second kappa shape index (κ2) is 6.90. The summed E-state index contributed by atoms with van der Waals surface area (Å²) in [6.07, 6.45) is 0.947. The highest BCUT2D eigenvalue weighted by molar-refractivity contribution is 8.23. The third-order valence-electron chi connectivity index (χ3n) is 4.71. The molecule has 26 heavy (non-hydrogen) atoms. The second-order valence-electron chi connectivity index (χ2n) is 6.58. The molecule has 2 atom stereocenters. The van der Waals surface area contributed by atoms with Crippen LogP contribution in [0.1, 0.15) is 42.6 Å². The molecule has 2 fully saturated rings. The first-order valence-electron chi connectivity index (χ1n) is 8.40. The molecule has 2 heterocycles. The number of rotatable bonds is 5. The quantitative estimate of drug-likeness (QED) is 0.574. The first-order chi connectivity index (χ1) is 12.3. The number of ether oxygens (including phenoxy) is 1. The molecule has 0 bridgehead atoms. The Morgan fingerprint density at radius 1 is 1.27 bits per heavy atom. The van der Waals surface area contributed by atoms with Crippen molar-refractivity contribution >= 4 is 28.6 Å². The van der Waals surface area contributed by atoms with Gasteiger partial charge in [0.1, 0.15) is 10.8 Å². The van der Waals surface area contributed by atoms with E-state index in [1.165, 1.54) is 0 Å². The number of carbonyl (C=O) groups is 3. The highest BCUT2D eigenvalue weighted by atomic mass is 32.3. The molecule has 0 spiro atoms. The van der Waals surface area contributed by atoms with Crippen LogP contribution in [-0.2, 0) is 25.5 Å². The predicted molar refractivity (Wildman–Crippen MR) is 95.2 cm³/mol. The Bertz CT molecular complexity index is 735. The van der Waals surface area contributed by atoms with Crippen molar-refractivity contribution in [1.82, 2.24) is 10.0 Å². The number of esters is 1. The van der Waals surface area contributed by atoms with Gasteiger partial charge in [-0.3, -0.25) is 23.4 Å². The largest absolute Gasteiger partial charge is 0.464 e. The Hall–Kier alpha value is -2.10. The minimum atomic E-state index is -3.20. The first-order valence-corrected chi connectivity index (χ1v) is 10.0. The van der Waals surface area contributed by atoms with Gasteiger partial charge < -0.3 is 10.1 Å². The molecule has 8 nitrogen and oxygen atoms in total. The zero-order valence-corrected chi connectivity index (χ0v) is 15.2. The second-order valence-corrected chi connectivity index (χ2v) is 8.54. The molecule has 2 aliphatic rings. The van der Waals surface area contributed by atoms with Crippen molar-refractivity contribution in [2.45, 2.75) is 43.4 Å². The highest BCUT2D eigenvalue weighted by Gasteiger charge is 2.46. The third-order valence-corrected chi connectivity index (χ3v) is 6.47. The SMILES string of the molecule is CCOC(=O)C1(Cc2ccc(C3CC(=O)NS3(O)O)cc2)CCC(=O)N1. The van der Waals surface area contributed by atoms with Gasteiger partial charge in [-0.1, -0.05) is 24.3 Å². The Kier molecular flexibility index (Phi) is 4.96. The fourth-order valence-corrected chi connectivity index (χ4v) is 4.90. The molecule has 0 radical (unpaired) electrons. The van der Waals surface area contributed by atoms with Crippen LogP contribution in [0.25, 0.3) is 0 Å². The van der Waals surface area contributed by atoms with E-state index in [0.29, 0.717) is 12.0 Å². The lowest BCUT2D eigenvalue weighted by Crippen LogP contribution is -2.51. The molecule has 2 unspecified atom stereocenters. The lowest BCUT2D eigenvalue weighted by molar-refractivity contribution is -0.151. The Balaban J connectivity index is 1.79. The maximum absolute atomic E-state index is 12.4. The lowest BCUT2D eigenvalue weighted by Gasteiger charge is -2.33. The smallest absolute Gasteiger partial charge is 0.332 e. The standard InChI is InChI=1S/C17H22N2O6S/c1-2-25-16(22)17(8-7-14(20)18-17)10-11-3-5-12(6-4-11)13-9-15(21)19-26(13,23)24/h3-6,13,23-24H,2,7-10H2,1H3,(H,18,20)(H,19,21). The van der Waals surface area contributed by atoms with E-state index in [4.69, 9.17) is 4.74 Å². The van der Waals surface area contributed by atoms with Gasteiger partial charge in [-0.15, -0.1) is 10.8 Å². The molecule has 142 valence electrons. The van der Waals surface area contributed by atoms with Crippen molar-refractivity contribution < 1.29 is 28.2 Å². The van der Waals surface area contributed by atoms with Crippen LogP contribution in [0.2, 0.25) is 0 Å². The molecule has 3 rings (SSSR count). The summed E-state index contributed by atoms with van der Waals surface area (Å²) in [5.41, 5.74) is 0.369. The van der Waals surface area contributed by atoms with Crippen LogP contribution in [0, 0.1) is 0 Å². The van der Waals surface area contributed by atoms with Crippen molar-refractivity contribution in [3.8, 4) is 0 Å². The van der Waals surface area contributed by atoms with Gasteiger partial charge in [0, 0.05) is 12.8 Å². The van der Waals surface area contributed by atoms with E-state index < -0.39 is 33.4 Å². The molecule has 9 heteroatoms. The van der Waals surface area contributed by atoms with Gasteiger partial charge in [-0.2, -0.15) is 0 Å². The normalized spacial score (nSPS) is 28.3. The molecule has 2 aliphatic heterocycles. The third kappa shape index (κ3) is 3.55. The zero-order valence-electron chi connectivity index (χ0n) is 14.4. The van der Waals surface area contributed by atoms with Gasteiger partial charge in [0.2, 0.25) is 11.8 Å². The molecular formula is C17H22N2O6S. The maximum atomic E-state index is 12.4. The minimum absolute atomic E-state index is 0.0184. The van der Waals surface area contributed by atoms with E-state index >= 15 is 0 Å². The van der Waals surface area contributed by atoms with E-state index in [1.807, 2.05) is 0 Å². The number of carbonyl (C=O) groups excluding carboxylic acids is 3. The molecular weight excluding hydrogens is 360 g/mol. The summed E-state index contributed by atoms with van der Waals surface area (Å²) in [4.78, 5) is 35.5. The number of amides is 2. The van der Waals surface area contributed by atoms with Crippen LogP contribution < -0.4 is 10.0 Å². The Labute approximate surface area is 152 Å². The Morgan fingerprint density at radius 3 is 2.46 bits per heavy atom. The molecule has 2 saturated heterocycles. The summed E-state index contributed by atoms with van der Waals surface area (Å²) in [6.45, 7) is 1.95. The molecule has 0 aromatic heterocycles. The molecule has 2 amide bonds. The van der Waals surface area contributed by atoms with Gasteiger partial charge in [0.25, 0.3) is 0 Å². The van der Waals surface area contributed by atoms with Crippen LogP contribution in [0.3, 0.4) is 0 Å². The summed E-state index contributed by atoms with van der Waals surface area (Å²) in [5, 5.41) is 2.06. The highest BCUT2D eigenvalue weighted by Crippen LogP contribution is 2.56. The van der Waals surface area contributed by atoms with E-state index in [-0.39, 0.29) is 31.8 Å². The van der Waals surface area contributed by atoms with Crippen LogP contribution in [-0.4, -0.2) is 39.0 Å². The Morgan fingerprint density at radius 2 is 1.96 bits per heavy atom. The van der Waals surface area contributed by atoms with Gasteiger partial charge >= 0.3 is 5.97 Å². The van der Waals surface area contributed by atoms with E-state index in [2.05, 4.69) is 10.0 Å². The summed E-state index contributed by atoms with van der Waals surface area (Å²) in [7, 11) is -3.20. The van der Waals surface area contributed by atoms with E-state index in [9.17, 15) is 23.5 Å². The molecule has 1 aromatic rings. The van der Waals surface area contributed by atoms with Crippen LogP contribution in [0.4, 0.5) is 0 Å². The van der Waals surface area contributed by atoms with Gasteiger partial charge in [0.15, 0.2) is 0 Å². The predicted octanol–water partition coefficient (Wildman–Crippen LogP) is 1.67. The number of hydrogen-bond donors (Lipinski definition) is 4. The molecule has 4 N–H and O–H groups in total. The molecule has 1 aromatic carbocycles. The van der Waals surface area contributed by atoms with Crippen molar-refractivity contribution in [3.05, 3.63) is 35.4 Å². The van der Waals surface area contributed by atoms with Gasteiger partial charge in [-0.25, -0.2) is 4.79 Å². The van der Waals surface area contributed by atoms with Crippen molar-refractivity contribution in [3.63, 3.8) is 0 Å². The zero-order chi connectivity index (χ0) is 18.9. The van der Waals surface area contributed by atoms with Crippen molar-refractivity contribution in [2.24, 2.45) is 0 Å². The number of nitrogens with one attached hydrogen (secondary N) is 2. The monoisotopic (exact) mass is 382 g/mol. The summed E-state index contributed by atoms with van der Waals surface area (Å²) < 4.78 is 27.3. The van der Waals surface area contributed by atoms with Crippen LogP contribution in [0.15, 0.2) is 24.3 Å². The van der Waals surface area contributed by atoms with Crippen LogP contribution >= 0.6 is 10.8 Å². The lowest BCUT2D eigenvalue weighted by atomic mass is 9.89. The van der Waals surface area contributed by atoms with E-state index in [1.54, 1.807) is 31.2 Å². The first kappa shape index (κ1) is 18.7. The topological polar surface area (TPSA) is 125 Å². The average molecular weight is 382 g/mol. The average Bonchev–Trinajstić information content (AvgIpc) is 3.08. The molecule has 0 aliphatic carbocycles. The molecule has 0 saturated carbocycles. The maximum Gasteiger partial charge on any atom is 0.332 e. The van der Waals surface area contributed by atoms with Gasteiger partial charge in [0.05, 0.1) is 13.0 Å². The number of benzene rings is 1. The summed E-state index contributed by atoms with van der Waals surface area (Å²) in [6, 6.07) is 6.95. The van der Waals surface area contributed by atoms with Gasteiger partial charge in [-0.05, 0) is 24.5 Å². The number of hydrogen-bond acceptors (Lipinski definition) is 6. The van der Waals surface area contributed by atoms with Crippen molar-refractivity contribution in [2.75, 3.05) is 6.61 Å². The van der Waals surface area contributed by atoms with E-state index in [0.717, 1.165) is 5.56 Å². The fraction of sp³-hybridized carbons (Fsp3) is 0.471. The minimum Gasteiger partial charge on any atom is -0.464 e. The summed E-state index contributed by atoms with van der Waals surface area (Å²) in [5.74, 6) is -1.03. The van der Waals surface area contributed by atoms with Crippen LogP contribution in [0.5, 0.6) is 0 Å². The summed E-state index contributed by atoms with van der Waals surface area (Å²) >= 11 is 0. The van der Waals surface area contributed by atoms with Crippen molar-refractivity contribution in [1.29, 1.82) is 0 Å².